The molecule has 156 valence electrons. The van der Waals surface area contributed by atoms with Gasteiger partial charge in [0.25, 0.3) is 0 Å². The number of nitrogens with zero attached hydrogens (tertiary/aromatic N) is 1. The molecule has 0 atom stereocenters. The average Bonchev–Trinajstić information content (AvgIpc) is 2.65. The summed E-state index contributed by atoms with van der Waals surface area (Å²) >= 11 is 0. The summed E-state index contributed by atoms with van der Waals surface area (Å²) in [6.45, 7) is 1.96. The molecule has 0 heterocycles. The normalized spacial score (nSPS) is 10.9. The fourth-order valence-corrected chi connectivity index (χ4v) is 3.15. The van der Waals surface area contributed by atoms with E-state index in [4.69, 9.17) is 10.2 Å². The van der Waals surface area contributed by atoms with Crippen LogP contribution in [0.5, 0.6) is 0 Å². The van der Waals surface area contributed by atoms with Crippen molar-refractivity contribution >= 4 is 6.03 Å². The molecule has 0 spiro atoms. The van der Waals surface area contributed by atoms with Gasteiger partial charge in [0, 0.05) is 6.54 Å². The number of aliphatic hydroxyl groups excluding tert-OH is 2. The molecule has 0 aromatic carbocycles. The van der Waals surface area contributed by atoms with Crippen LogP contribution in [0.3, 0.4) is 0 Å². The third-order valence-corrected chi connectivity index (χ3v) is 4.94. The Labute approximate surface area is 161 Å². The first-order chi connectivity index (χ1) is 12.8. The van der Waals surface area contributed by atoms with Crippen molar-refractivity contribution in [3.8, 4) is 0 Å². The van der Waals surface area contributed by atoms with Crippen molar-refractivity contribution in [1.29, 1.82) is 0 Å². The molecule has 0 aliphatic rings. The number of hydrogen-bond donors (Lipinski definition) is 3. The molecule has 0 saturated carbocycles. The summed E-state index contributed by atoms with van der Waals surface area (Å²) in [4.78, 5) is 12.4. The number of nitrogens with one attached hydrogen (secondary N) is 1. The molecule has 5 nitrogen and oxygen atoms in total. The minimum Gasteiger partial charge on any atom is -0.376 e. The lowest BCUT2D eigenvalue weighted by atomic mass is 10.0. The number of carbonyl (C=O) groups excluding carboxylic acids is 1. The van der Waals surface area contributed by atoms with Crippen molar-refractivity contribution in [2.75, 3.05) is 20.0 Å². The monoisotopic (exact) mass is 372 g/mol. The van der Waals surface area contributed by atoms with Crippen LogP contribution in [0.25, 0.3) is 0 Å². The van der Waals surface area contributed by atoms with Crippen molar-refractivity contribution in [3.63, 3.8) is 0 Å². The Hall–Kier alpha value is -0.810. The Balaban J connectivity index is 3.14. The van der Waals surface area contributed by atoms with Gasteiger partial charge < -0.3 is 15.5 Å². The van der Waals surface area contributed by atoms with Gasteiger partial charge in [0.15, 0.2) is 0 Å². The topological polar surface area (TPSA) is 72.8 Å². The first-order valence-electron chi connectivity index (χ1n) is 11.0. The predicted molar refractivity (Wildman–Crippen MR) is 109 cm³/mol. The standard InChI is InChI=1S/C21H44N2O3/c1-2-3-4-5-6-7-8-9-10-11-12-13-14-15-16-17-18-22-21(26)23(19-24)20-25/h24-25H,2-20H2,1H3,(H,22,26). The van der Waals surface area contributed by atoms with E-state index < -0.39 is 19.5 Å². The number of aliphatic hydroxyl groups is 2. The molecular formula is C21H44N2O3. The van der Waals surface area contributed by atoms with Crippen molar-refractivity contribution in [2.24, 2.45) is 0 Å². The number of unbranched alkanes of at least 4 members (excludes halogenated alkanes) is 15. The Bertz CT molecular complexity index is 297. The highest BCUT2D eigenvalue weighted by atomic mass is 16.3. The number of carbonyl (C=O) groups is 1. The van der Waals surface area contributed by atoms with E-state index in [9.17, 15) is 4.79 Å². The maximum atomic E-state index is 11.5. The summed E-state index contributed by atoms with van der Waals surface area (Å²) in [5.41, 5.74) is 0. The zero-order chi connectivity index (χ0) is 19.3. The van der Waals surface area contributed by atoms with Gasteiger partial charge >= 0.3 is 6.03 Å². The molecule has 0 saturated heterocycles. The smallest absolute Gasteiger partial charge is 0.321 e. The van der Waals surface area contributed by atoms with Crippen LogP contribution < -0.4 is 5.32 Å². The van der Waals surface area contributed by atoms with Crippen molar-refractivity contribution in [1.82, 2.24) is 10.2 Å². The second-order valence-corrected chi connectivity index (χ2v) is 7.36. The second-order valence-electron chi connectivity index (χ2n) is 7.36. The highest BCUT2D eigenvalue weighted by Crippen LogP contribution is 2.13. The summed E-state index contributed by atoms with van der Waals surface area (Å²) < 4.78 is 0. The van der Waals surface area contributed by atoms with Crippen LogP contribution in [-0.4, -0.2) is 41.2 Å². The van der Waals surface area contributed by atoms with E-state index in [1.807, 2.05) is 0 Å². The largest absolute Gasteiger partial charge is 0.376 e. The van der Waals surface area contributed by atoms with E-state index in [1.165, 1.54) is 89.9 Å². The van der Waals surface area contributed by atoms with Crippen LogP contribution in [-0.2, 0) is 0 Å². The Morgan fingerprint density at radius 2 is 1.00 bits per heavy atom. The molecule has 0 unspecified atom stereocenters. The van der Waals surface area contributed by atoms with E-state index in [2.05, 4.69) is 12.2 Å². The fourth-order valence-electron chi connectivity index (χ4n) is 3.15. The van der Waals surface area contributed by atoms with Crippen LogP contribution in [0.15, 0.2) is 0 Å². The third-order valence-electron chi connectivity index (χ3n) is 4.94. The zero-order valence-electron chi connectivity index (χ0n) is 17.2. The Morgan fingerprint density at radius 3 is 1.35 bits per heavy atom. The van der Waals surface area contributed by atoms with Crippen LogP contribution in [0.1, 0.15) is 110 Å². The lowest BCUT2D eigenvalue weighted by Gasteiger charge is -2.17. The molecule has 0 bridgehead atoms. The lowest BCUT2D eigenvalue weighted by Crippen LogP contribution is -2.41. The van der Waals surface area contributed by atoms with Gasteiger partial charge in [-0.1, -0.05) is 103 Å². The van der Waals surface area contributed by atoms with Gasteiger partial charge in [0.05, 0.1) is 0 Å². The molecule has 0 aromatic heterocycles. The molecule has 0 rings (SSSR count). The highest BCUT2D eigenvalue weighted by molar-refractivity contribution is 5.73. The first-order valence-corrected chi connectivity index (χ1v) is 11.0. The number of urea groups is 1. The number of hydrogen-bond acceptors (Lipinski definition) is 3. The minimum absolute atomic E-state index is 0.407. The van der Waals surface area contributed by atoms with E-state index in [0.29, 0.717) is 6.54 Å². The SMILES string of the molecule is CCCCCCCCCCCCCCCCCCNC(=O)N(CO)CO. The van der Waals surface area contributed by atoms with Gasteiger partial charge in [-0.3, -0.25) is 4.90 Å². The highest BCUT2D eigenvalue weighted by Gasteiger charge is 2.08. The molecule has 2 amide bonds. The van der Waals surface area contributed by atoms with E-state index in [-0.39, 0.29) is 0 Å². The predicted octanol–water partition coefficient (Wildman–Crippen LogP) is 5.16. The van der Waals surface area contributed by atoms with Gasteiger partial charge in [0.1, 0.15) is 13.5 Å². The minimum atomic E-state index is -0.457. The summed E-state index contributed by atoms with van der Waals surface area (Å²) in [6, 6.07) is -0.407. The molecular weight excluding hydrogens is 328 g/mol. The van der Waals surface area contributed by atoms with Crippen molar-refractivity contribution in [2.45, 2.75) is 110 Å². The van der Waals surface area contributed by atoms with Gasteiger partial charge in [-0.15, -0.1) is 0 Å². The van der Waals surface area contributed by atoms with Crippen molar-refractivity contribution < 1.29 is 15.0 Å². The molecule has 26 heavy (non-hydrogen) atoms. The summed E-state index contributed by atoms with van der Waals surface area (Å²) in [5, 5.41) is 20.4. The van der Waals surface area contributed by atoms with E-state index in [0.717, 1.165) is 17.7 Å². The second kappa shape index (κ2) is 20.5. The average molecular weight is 373 g/mol. The molecule has 0 aromatic rings. The maximum absolute atomic E-state index is 11.5. The number of amides is 2. The van der Waals surface area contributed by atoms with Crippen LogP contribution in [0, 0.1) is 0 Å². The van der Waals surface area contributed by atoms with Gasteiger partial charge in [-0.25, -0.2) is 4.79 Å². The summed E-state index contributed by atoms with van der Waals surface area (Å²) in [5.74, 6) is 0. The quantitative estimate of drug-likeness (QED) is 0.217. The first kappa shape index (κ1) is 25.2. The van der Waals surface area contributed by atoms with Crippen molar-refractivity contribution in [3.05, 3.63) is 0 Å². The third kappa shape index (κ3) is 16.6. The summed E-state index contributed by atoms with van der Waals surface area (Å²) in [6.07, 6.45) is 21.3. The van der Waals surface area contributed by atoms with Crippen LogP contribution in [0.2, 0.25) is 0 Å². The number of rotatable bonds is 19. The fraction of sp³-hybridized carbons (Fsp3) is 0.952. The molecule has 0 aliphatic carbocycles. The van der Waals surface area contributed by atoms with Gasteiger partial charge in [-0.2, -0.15) is 0 Å². The van der Waals surface area contributed by atoms with E-state index in [1.54, 1.807) is 0 Å². The van der Waals surface area contributed by atoms with Crippen LogP contribution in [0.4, 0.5) is 4.79 Å². The van der Waals surface area contributed by atoms with Gasteiger partial charge in [0.2, 0.25) is 0 Å². The molecule has 5 heteroatoms. The molecule has 0 fully saturated rings. The maximum Gasteiger partial charge on any atom is 0.321 e. The molecule has 0 aliphatic heterocycles. The zero-order valence-corrected chi connectivity index (χ0v) is 17.2. The summed E-state index contributed by atoms with van der Waals surface area (Å²) in [7, 11) is 0. The Morgan fingerprint density at radius 1 is 0.654 bits per heavy atom. The van der Waals surface area contributed by atoms with Gasteiger partial charge in [-0.05, 0) is 6.42 Å². The lowest BCUT2D eigenvalue weighted by molar-refractivity contribution is 0.0569. The molecule has 0 radical (unpaired) electrons. The van der Waals surface area contributed by atoms with Crippen LogP contribution >= 0.6 is 0 Å². The Kier molecular flexibility index (Phi) is 19.9. The van der Waals surface area contributed by atoms with E-state index >= 15 is 0 Å². The molecule has 3 N–H and O–H groups in total.